The zero-order valence-electron chi connectivity index (χ0n) is 13.0. The van der Waals surface area contributed by atoms with Crippen LogP contribution in [0.4, 0.5) is 8.78 Å². The molecule has 0 amide bonds. The molecule has 0 fully saturated rings. The summed E-state index contributed by atoms with van der Waals surface area (Å²) in [6, 6.07) is 13.7. The van der Waals surface area contributed by atoms with E-state index >= 15 is 0 Å². The van der Waals surface area contributed by atoms with E-state index in [0.717, 1.165) is 29.5 Å². The lowest BCUT2D eigenvalue weighted by molar-refractivity contribution is 0.0735. The van der Waals surface area contributed by atoms with Crippen molar-refractivity contribution in [3.8, 4) is 17.0 Å². The molecule has 0 aliphatic carbocycles. The van der Waals surface area contributed by atoms with Crippen LogP contribution in [0, 0.1) is 11.6 Å². The molecule has 24 heavy (non-hydrogen) atoms. The van der Waals surface area contributed by atoms with E-state index in [4.69, 9.17) is 4.74 Å². The van der Waals surface area contributed by atoms with Gasteiger partial charge in [-0.25, -0.2) is 13.6 Å². The van der Waals surface area contributed by atoms with Crippen molar-refractivity contribution in [1.29, 1.82) is 0 Å². The Morgan fingerprint density at radius 2 is 1.71 bits per heavy atom. The van der Waals surface area contributed by atoms with Crippen molar-refractivity contribution in [3.63, 3.8) is 0 Å². The van der Waals surface area contributed by atoms with Gasteiger partial charge in [-0.3, -0.25) is 0 Å². The summed E-state index contributed by atoms with van der Waals surface area (Å²) in [5.74, 6) is -2.45. The highest BCUT2D eigenvalue weighted by atomic mass is 19.1. The number of hydrogen-bond donors (Lipinski definition) is 1. The fraction of sp³-hybridized carbons (Fsp3) is 0.105. The summed E-state index contributed by atoms with van der Waals surface area (Å²) in [6.45, 7) is 1.96. The SMILES string of the molecule is CCc1cc(C(=O)Oc2cc(F)cc(F)c2)c(-c2ccccc2)[nH]1. The number of benzene rings is 2. The highest BCUT2D eigenvalue weighted by Gasteiger charge is 2.19. The largest absolute Gasteiger partial charge is 0.423 e. The lowest BCUT2D eigenvalue weighted by Gasteiger charge is -2.06. The van der Waals surface area contributed by atoms with Gasteiger partial charge in [-0.15, -0.1) is 0 Å². The minimum Gasteiger partial charge on any atom is -0.423 e. The van der Waals surface area contributed by atoms with E-state index in [9.17, 15) is 13.6 Å². The van der Waals surface area contributed by atoms with Gasteiger partial charge in [0.1, 0.15) is 17.4 Å². The Kier molecular flexibility index (Phi) is 4.42. The van der Waals surface area contributed by atoms with Gasteiger partial charge in [-0.05, 0) is 18.1 Å². The number of H-pyrrole nitrogens is 1. The first-order chi connectivity index (χ1) is 11.6. The number of nitrogens with one attached hydrogen (secondary N) is 1. The maximum Gasteiger partial charge on any atom is 0.345 e. The van der Waals surface area contributed by atoms with E-state index in [-0.39, 0.29) is 5.75 Å². The van der Waals surface area contributed by atoms with Crippen molar-refractivity contribution in [2.45, 2.75) is 13.3 Å². The molecule has 122 valence electrons. The average Bonchev–Trinajstić information content (AvgIpc) is 2.99. The smallest absolute Gasteiger partial charge is 0.345 e. The van der Waals surface area contributed by atoms with E-state index in [0.29, 0.717) is 17.7 Å². The number of ether oxygens (including phenoxy) is 1. The second kappa shape index (κ2) is 6.66. The highest BCUT2D eigenvalue weighted by Crippen LogP contribution is 2.26. The molecule has 5 heteroatoms. The number of aromatic nitrogens is 1. The number of carbonyl (C=O) groups is 1. The van der Waals surface area contributed by atoms with E-state index < -0.39 is 17.6 Å². The minimum atomic E-state index is -0.801. The molecule has 0 aliphatic rings. The predicted molar refractivity (Wildman–Crippen MR) is 86.9 cm³/mol. The lowest BCUT2D eigenvalue weighted by atomic mass is 10.1. The minimum absolute atomic E-state index is 0.171. The van der Waals surface area contributed by atoms with Gasteiger partial charge in [-0.1, -0.05) is 37.3 Å². The number of hydrogen-bond acceptors (Lipinski definition) is 2. The molecule has 1 aromatic heterocycles. The molecule has 0 saturated carbocycles. The Bertz CT molecular complexity index is 852. The molecule has 0 aliphatic heterocycles. The van der Waals surface area contributed by atoms with E-state index in [1.54, 1.807) is 6.07 Å². The predicted octanol–water partition coefficient (Wildman–Crippen LogP) is 4.74. The van der Waals surface area contributed by atoms with Crippen LogP contribution in [-0.4, -0.2) is 11.0 Å². The fourth-order valence-corrected chi connectivity index (χ4v) is 2.44. The summed E-state index contributed by atoms with van der Waals surface area (Å²) in [5, 5.41) is 0. The van der Waals surface area contributed by atoms with Gasteiger partial charge >= 0.3 is 5.97 Å². The van der Waals surface area contributed by atoms with E-state index in [1.807, 2.05) is 37.3 Å². The molecule has 3 rings (SSSR count). The third kappa shape index (κ3) is 3.35. The van der Waals surface area contributed by atoms with Gasteiger partial charge in [0.15, 0.2) is 0 Å². The molecular formula is C19H15F2NO2. The van der Waals surface area contributed by atoms with Crippen molar-refractivity contribution in [1.82, 2.24) is 4.98 Å². The van der Waals surface area contributed by atoms with Crippen LogP contribution < -0.4 is 4.74 Å². The Morgan fingerprint density at radius 3 is 2.33 bits per heavy atom. The number of rotatable bonds is 4. The summed E-state index contributed by atoms with van der Waals surface area (Å²) in [5.41, 5.74) is 2.64. The second-order valence-corrected chi connectivity index (χ2v) is 5.30. The molecule has 3 aromatic rings. The second-order valence-electron chi connectivity index (χ2n) is 5.30. The molecule has 3 nitrogen and oxygen atoms in total. The van der Waals surface area contributed by atoms with Crippen molar-refractivity contribution in [2.75, 3.05) is 0 Å². The van der Waals surface area contributed by atoms with Gasteiger partial charge in [-0.2, -0.15) is 0 Å². The van der Waals surface area contributed by atoms with Crippen molar-refractivity contribution >= 4 is 5.97 Å². The van der Waals surface area contributed by atoms with Crippen molar-refractivity contribution in [3.05, 3.63) is 77.5 Å². The van der Waals surface area contributed by atoms with Crippen molar-refractivity contribution < 1.29 is 18.3 Å². The molecule has 2 aromatic carbocycles. The topological polar surface area (TPSA) is 42.1 Å². The summed E-state index contributed by atoms with van der Waals surface area (Å²) >= 11 is 0. The van der Waals surface area contributed by atoms with Gasteiger partial charge in [0, 0.05) is 23.9 Å². The maximum absolute atomic E-state index is 13.2. The van der Waals surface area contributed by atoms with Gasteiger partial charge < -0.3 is 9.72 Å². The Balaban J connectivity index is 1.96. The van der Waals surface area contributed by atoms with Crippen LogP contribution in [-0.2, 0) is 6.42 Å². The van der Waals surface area contributed by atoms with Crippen LogP contribution in [0.3, 0.4) is 0 Å². The number of halogens is 2. The van der Waals surface area contributed by atoms with Gasteiger partial charge in [0.05, 0.1) is 11.3 Å². The number of aryl methyl sites for hydroxylation is 1. The van der Waals surface area contributed by atoms with Crippen LogP contribution in [0.25, 0.3) is 11.3 Å². The fourth-order valence-electron chi connectivity index (χ4n) is 2.44. The summed E-state index contributed by atoms with van der Waals surface area (Å²) < 4.78 is 31.6. The molecule has 0 spiro atoms. The lowest BCUT2D eigenvalue weighted by Crippen LogP contribution is -2.09. The zero-order chi connectivity index (χ0) is 17.1. The molecule has 1 heterocycles. The molecule has 1 N–H and O–H groups in total. The molecule has 0 saturated heterocycles. The van der Waals surface area contributed by atoms with E-state index in [1.165, 1.54) is 0 Å². The highest BCUT2D eigenvalue weighted by molar-refractivity contribution is 5.98. The molecule has 0 atom stereocenters. The third-order valence-corrected chi connectivity index (χ3v) is 3.58. The molecular weight excluding hydrogens is 312 g/mol. The van der Waals surface area contributed by atoms with Crippen molar-refractivity contribution in [2.24, 2.45) is 0 Å². The van der Waals surface area contributed by atoms with Crippen LogP contribution in [0.15, 0.2) is 54.6 Å². The standard InChI is InChI=1S/C19H15F2NO2/c1-2-15-11-17(18(22-15)12-6-4-3-5-7-12)19(23)24-16-9-13(20)8-14(21)10-16/h3-11,22H,2H2,1H3. The summed E-state index contributed by atoms with van der Waals surface area (Å²) in [4.78, 5) is 15.7. The summed E-state index contributed by atoms with van der Waals surface area (Å²) in [6.07, 6.45) is 0.710. The monoisotopic (exact) mass is 327 g/mol. The van der Waals surface area contributed by atoms with E-state index in [2.05, 4.69) is 4.98 Å². The molecule has 0 bridgehead atoms. The molecule has 0 unspecified atom stereocenters. The Hall–Kier alpha value is -2.95. The third-order valence-electron chi connectivity index (χ3n) is 3.58. The zero-order valence-corrected chi connectivity index (χ0v) is 13.0. The Morgan fingerprint density at radius 1 is 1.04 bits per heavy atom. The number of aromatic amines is 1. The van der Waals surface area contributed by atoms with Gasteiger partial charge in [0.2, 0.25) is 0 Å². The van der Waals surface area contributed by atoms with Crippen LogP contribution in [0.1, 0.15) is 23.0 Å². The first-order valence-corrected chi connectivity index (χ1v) is 7.52. The quantitative estimate of drug-likeness (QED) is 0.555. The first-order valence-electron chi connectivity index (χ1n) is 7.52. The number of esters is 1. The van der Waals surface area contributed by atoms with Crippen LogP contribution in [0.2, 0.25) is 0 Å². The normalized spacial score (nSPS) is 10.6. The Labute approximate surface area is 137 Å². The first kappa shape index (κ1) is 15.9. The molecule has 0 radical (unpaired) electrons. The van der Waals surface area contributed by atoms with Gasteiger partial charge in [0.25, 0.3) is 0 Å². The van der Waals surface area contributed by atoms with Crippen LogP contribution in [0.5, 0.6) is 5.75 Å². The number of carbonyl (C=O) groups excluding carboxylic acids is 1. The maximum atomic E-state index is 13.2. The van der Waals surface area contributed by atoms with Crippen LogP contribution >= 0.6 is 0 Å². The summed E-state index contributed by atoms with van der Waals surface area (Å²) in [7, 11) is 0. The average molecular weight is 327 g/mol.